The van der Waals surface area contributed by atoms with Crippen molar-refractivity contribution in [3.8, 4) is 0 Å². The number of hydrogen-bond donors (Lipinski definition) is 1. The van der Waals surface area contributed by atoms with Gasteiger partial charge in [0.1, 0.15) is 16.7 Å². The molecule has 35 heavy (non-hydrogen) atoms. The van der Waals surface area contributed by atoms with Crippen LogP contribution in [0.5, 0.6) is 0 Å². The van der Waals surface area contributed by atoms with Crippen molar-refractivity contribution in [3.63, 3.8) is 0 Å². The number of alkyl halides is 2. The van der Waals surface area contributed by atoms with Crippen LogP contribution in [-0.2, 0) is 14.3 Å². The molecular formula is C27H32Cl2O6. The zero-order valence-corrected chi connectivity index (χ0v) is 21.9. The number of hydrogen-bond acceptors (Lipinski definition) is 6. The summed E-state index contributed by atoms with van der Waals surface area (Å²) in [6.07, 6.45) is 6.33. The molecule has 1 saturated heterocycles. The van der Waals surface area contributed by atoms with Crippen LogP contribution in [0.3, 0.4) is 0 Å². The first-order chi connectivity index (χ1) is 16.4. The highest BCUT2D eigenvalue weighted by atomic mass is 35.5. The molecule has 6 rings (SSSR count). The molecule has 9 atom stereocenters. The molecular weight excluding hydrogens is 491 g/mol. The van der Waals surface area contributed by atoms with Crippen molar-refractivity contribution in [2.45, 2.75) is 80.6 Å². The van der Waals surface area contributed by atoms with E-state index in [0.29, 0.717) is 24.8 Å². The van der Waals surface area contributed by atoms with Gasteiger partial charge in [-0.05, 0) is 53.7 Å². The Morgan fingerprint density at radius 3 is 2.60 bits per heavy atom. The lowest BCUT2D eigenvalue weighted by molar-refractivity contribution is -0.155. The Kier molecular flexibility index (Phi) is 4.99. The van der Waals surface area contributed by atoms with Gasteiger partial charge in [0, 0.05) is 30.9 Å². The van der Waals surface area contributed by atoms with Gasteiger partial charge in [0.15, 0.2) is 0 Å². The minimum Gasteiger partial charge on any atom is -0.431 e. The summed E-state index contributed by atoms with van der Waals surface area (Å²) < 4.78 is 15.9. The largest absolute Gasteiger partial charge is 0.431 e. The Morgan fingerprint density at radius 1 is 1.23 bits per heavy atom. The Balaban J connectivity index is 1.48. The molecule has 0 aromatic carbocycles. The maximum Gasteiger partial charge on any atom is 0.335 e. The molecule has 0 amide bonds. The van der Waals surface area contributed by atoms with Crippen LogP contribution >= 0.6 is 23.2 Å². The van der Waals surface area contributed by atoms with E-state index in [2.05, 4.69) is 19.9 Å². The average Bonchev–Trinajstić information content (AvgIpc) is 3.54. The van der Waals surface area contributed by atoms with Crippen molar-refractivity contribution in [2.24, 2.45) is 28.1 Å². The fourth-order valence-electron chi connectivity index (χ4n) is 9.08. The van der Waals surface area contributed by atoms with Gasteiger partial charge < -0.3 is 23.8 Å². The van der Waals surface area contributed by atoms with Crippen molar-refractivity contribution in [1.82, 2.24) is 0 Å². The predicted octanol–water partition coefficient (Wildman–Crippen LogP) is 4.40. The fourth-order valence-corrected chi connectivity index (χ4v) is 10.2. The van der Waals surface area contributed by atoms with Crippen LogP contribution in [0.15, 0.2) is 39.3 Å². The number of allylic oxidation sites excluding steroid dienone is 1. The summed E-state index contributed by atoms with van der Waals surface area (Å²) in [5.41, 5.74) is -1.93. The first kappa shape index (κ1) is 24.2. The molecule has 2 heterocycles. The molecule has 5 aliphatic rings. The smallest absolute Gasteiger partial charge is 0.335 e. The number of rotatable bonds is 3. The van der Waals surface area contributed by atoms with Gasteiger partial charge in [-0.15, -0.1) is 23.2 Å². The van der Waals surface area contributed by atoms with Crippen LogP contribution in [0.2, 0.25) is 0 Å². The SMILES string of the molecule is COC1C2OC2C2(C=O)C3CCC4(C)C(c5ccc(=O)oc5)C(Cl)(Cl)CC4(O)C3=CCC2C1(C)C. The summed E-state index contributed by atoms with van der Waals surface area (Å²) >= 11 is 13.9. The highest BCUT2D eigenvalue weighted by molar-refractivity contribution is 6.49. The van der Waals surface area contributed by atoms with E-state index in [-0.39, 0.29) is 42.0 Å². The van der Waals surface area contributed by atoms with Gasteiger partial charge in [0.25, 0.3) is 0 Å². The highest BCUT2D eigenvalue weighted by Gasteiger charge is 2.78. The number of epoxide rings is 1. The second-order valence-corrected chi connectivity index (χ2v) is 13.7. The van der Waals surface area contributed by atoms with E-state index in [4.69, 9.17) is 37.1 Å². The summed E-state index contributed by atoms with van der Waals surface area (Å²) in [6.45, 7) is 6.35. The zero-order valence-electron chi connectivity index (χ0n) is 20.4. The standard InChI is InChI=1S/C27H32Cl2O6/c1-23(2)17-7-6-16-15(25(17,13-30)22-19(35-22)21(23)33-4)9-10-24(3)20(14-5-8-18(31)34-11-14)27(28,29)12-26(16,24)32/h5-6,8,11,13,15,17,19-22,32H,7,9-10,12H2,1-4H3. The number of aldehydes is 1. The van der Waals surface area contributed by atoms with E-state index < -0.39 is 32.3 Å². The van der Waals surface area contributed by atoms with Gasteiger partial charge >= 0.3 is 5.63 Å². The molecule has 190 valence electrons. The van der Waals surface area contributed by atoms with Crippen LogP contribution in [0, 0.1) is 28.1 Å². The first-order valence-electron chi connectivity index (χ1n) is 12.4. The lowest BCUT2D eigenvalue weighted by atomic mass is 9.42. The maximum atomic E-state index is 13.1. The molecule has 9 unspecified atom stereocenters. The number of carbonyl (C=O) groups is 1. The molecule has 0 radical (unpaired) electrons. The van der Waals surface area contributed by atoms with Crippen molar-refractivity contribution in [2.75, 3.05) is 7.11 Å². The summed E-state index contributed by atoms with van der Waals surface area (Å²) in [4.78, 5) is 24.7. The van der Waals surface area contributed by atoms with E-state index in [0.717, 1.165) is 11.9 Å². The van der Waals surface area contributed by atoms with E-state index in [1.165, 1.54) is 12.3 Å². The first-order valence-corrected chi connectivity index (χ1v) is 13.2. The van der Waals surface area contributed by atoms with Crippen LogP contribution in [0.1, 0.15) is 57.9 Å². The van der Waals surface area contributed by atoms with Crippen LogP contribution in [-0.4, -0.2) is 46.7 Å². The van der Waals surface area contributed by atoms with Crippen LogP contribution in [0.25, 0.3) is 0 Å². The molecule has 6 nitrogen and oxygen atoms in total. The lowest BCUT2D eigenvalue weighted by Crippen LogP contribution is -2.64. The van der Waals surface area contributed by atoms with E-state index in [1.807, 2.05) is 6.92 Å². The normalized spacial score (nSPS) is 48.6. The second-order valence-electron chi connectivity index (χ2n) is 12.2. The molecule has 1 N–H and O–H groups in total. The number of fused-ring (bicyclic) bond motifs is 7. The van der Waals surface area contributed by atoms with Gasteiger partial charge in [-0.3, -0.25) is 0 Å². The van der Waals surface area contributed by atoms with Crippen molar-refractivity contribution < 1.29 is 23.8 Å². The van der Waals surface area contributed by atoms with E-state index in [1.54, 1.807) is 13.2 Å². The van der Waals surface area contributed by atoms with Crippen LogP contribution < -0.4 is 5.63 Å². The molecule has 1 aromatic heterocycles. The van der Waals surface area contributed by atoms with Crippen LogP contribution in [0.4, 0.5) is 0 Å². The molecule has 4 aliphatic carbocycles. The molecule has 0 spiro atoms. The zero-order chi connectivity index (χ0) is 25.2. The van der Waals surface area contributed by atoms with E-state index >= 15 is 0 Å². The van der Waals surface area contributed by atoms with Crippen molar-refractivity contribution in [3.05, 3.63) is 46.0 Å². The quantitative estimate of drug-likeness (QED) is 0.274. The van der Waals surface area contributed by atoms with Gasteiger partial charge in [-0.25, -0.2) is 4.79 Å². The van der Waals surface area contributed by atoms with Gasteiger partial charge in [0.2, 0.25) is 0 Å². The summed E-state index contributed by atoms with van der Waals surface area (Å²) in [7, 11) is 1.71. The van der Waals surface area contributed by atoms with Gasteiger partial charge in [-0.2, -0.15) is 0 Å². The molecule has 4 fully saturated rings. The lowest BCUT2D eigenvalue weighted by Gasteiger charge is -2.61. The van der Waals surface area contributed by atoms with Gasteiger partial charge in [0.05, 0.1) is 29.5 Å². The second kappa shape index (κ2) is 7.22. The number of methoxy groups -OCH3 is 1. The monoisotopic (exact) mass is 522 g/mol. The number of halogens is 2. The number of aliphatic hydroxyl groups is 1. The number of carbonyl (C=O) groups excluding carboxylic acids is 1. The highest BCUT2D eigenvalue weighted by Crippen LogP contribution is 2.75. The topological polar surface area (TPSA) is 89.3 Å². The summed E-state index contributed by atoms with van der Waals surface area (Å²) in [5, 5.41) is 12.5. The maximum absolute atomic E-state index is 13.1. The van der Waals surface area contributed by atoms with Crippen molar-refractivity contribution in [1.29, 1.82) is 0 Å². The Bertz CT molecular complexity index is 1150. The number of ether oxygens (including phenoxy) is 2. The molecule has 8 heteroatoms. The predicted molar refractivity (Wildman–Crippen MR) is 130 cm³/mol. The fraction of sp³-hybridized carbons (Fsp3) is 0.704. The Morgan fingerprint density at radius 2 is 1.97 bits per heavy atom. The summed E-state index contributed by atoms with van der Waals surface area (Å²) in [6, 6.07) is 3.05. The van der Waals surface area contributed by atoms with E-state index in [9.17, 15) is 14.7 Å². The molecule has 1 aromatic rings. The minimum atomic E-state index is -1.31. The summed E-state index contributed by atoms with van der Waals surface area (Å²) in [5.74, 6) is -0.592. The third-order valence-electron chi connectivity index (χ3n) is 10.5. The van der Waals surface area contributed by atoms with Crippen molar-refractivity contribution >= 4 is 29.5 Å². The average molecular weight is 523 g/mol. The molecule has 0 bridgehead atoms. The minimum absolute atomic E-state index is 0.0280. The molecule has 3 saturated carbocycles. The third-order valence-corrected chi connectivity index (χ3v) is 11.2. The molecule has 1 aliphatic heterocycles. The third kappa shape index (κ3) is 2.78. The Hall–Kier alpha value is -1.18. The Labute approximate surface area is 214 Å². The van der Waals surface area contributed by atoms with Gasteiger partial charge in [-0.1, -0.05) is 26.8 Å².